The van der Waals surface area contributed by atoms with Crippen LogP contribution in [0.1, 0.15) is 41.1 Å². The summed E-state index contributed by atoms with van der Waals surface area (Å²) in [5.74, 6) is 0.109. The molecular formula is C14H17N3O. The van der Waals surface area contributed by atoms with Crippen molar-refractivity contribution in [1.29, 1.82) is 0 Å². The van der Waals surface area contributed by atoms with Crippen LogP contribution >= 0.6 is 0 Å². The van der Waals surface area contributed by atoms with Gasteiger partial charge in [0.05, 0.1) is 11.1 Å². The molecule has 1 aromatic heterocycles. The zero-order chi connectivity index (χ0) is 12.7. The van der Waals surface area contributed by atoms with Crippen molar-refractivity contribution in [2.45, 2.75) is 31.2 Å². The minimum absolute atomic E-state index is 0.305. The van der Waals surface area contributed by atoms with E-state index in [1.165, 1.54) is 5.56 Å². The fraction of sp³-hybridized carbons (Fsp3) is 0.357. The molecule has 0 radical (unpaired) electrons. The maximum absolute atomic E-state index is 11.4. The Kier molecular flexibility index (Phi) is 2.59. The molecule has 1 aliphatic rings. The van der Waals surface area contributed by atoms with Crippen molar-refractivity contribution < 1.29 is 4.79 Å². The number of rotatable bonds is 2. The number of H-pyrrole nitrogens is 1. The molecule has 5 N–H and O–H groups in total. The van der Waals surface area contributed by atoms with E-state index in [0.29, 0.717) is 17.5 Å². The number of amides is 1. The van der Waals surface area contributed by atoms with Gasteiger partial charge in [0.15, 0.2) is 0 Å². The van der Waals surface area contributed by atoms with E-state index in [0.717, 1.165) is 30.2 Å². The number of aromatic amines is 1. The monoisotopic (exact) mass is 243 g/mol. The Morgan fingerprint density at radius 3 is 2.78 bits per heavy atom. The zero-order valence-corrected chi connectivity index (χ0v) is 10.1. The van der Waals surface area contributed by atoms with Gasteiger partial charge in [-0.3, -0.25) is 4.79 Å². The third-order valence-corrected chi connectivity index (χ3v) is 3.94. The number of nitrogens with one attached hydrogen (secondary N) is 1. The minimum Gasteiger partial charge on any atom is -0.366 e. The topological polar surface area (TPSA) is 84.9 Å². The van der Waals surface area contributed by atoms with Crippen LogP contribution < -0.4 is 11.5 Å². The molecule has 18 heavy (non-hydrogen) atoms. The van der Waals surface area contributed by atoms with Crippen molar-refractivity contribution in [2.24, 2.45) is 11.5 Å². The van der Waals surface area contributed by atoms with Gasteiger partial charge in [-0.05, 0) is 42.9 Å². The number of carbonyl (C=O) groups is 1. The average Bonchev–Trinajstić information content (AvgIpc) is 2.95. The molecule has 0 unspecified atom stereocenters. The Bertz CT molecular complexity index is 602. The number of hydrogen-bond acceptors (Lipinski definition) is 2. The number of nitrogens with two attached hydrogens (primary N) is 2. The van der Waals surface area contributed by atoms with Crippen LogP contribution in [0, 0.1) is 0 Å². The van der Waals surface area contributed by atoms with Gasteiger partial charge in [0, 0.05) is 17.6 Å². The van der Waals surface area contributed by atoms with Gasteiger partial charge >= 0.3 is 0 Å². The number of benzene rings is 1. The lowest BCUT2D eigenvalue weighted by Crippen LogP contribution is -2.14. The second-order valence-electron chi connectivity index (χ2n) is 5.10. The Morgan fingerprint density at radius 2 is 2.11 bits per heavy atom. The van der Waals surface area contributed by atoms with E-state index < -0.39 is 5.91 Å². The predicted molar refractivity (Wildman–Crippen MR) is 71.4 cm³/mol. The first-order chi connectivity index (χ1) is 8.66. The van der Waals surface area contributed by atoms with Gasteiger partial charge in [-0.1, -0.05) is 6.07 Å². The second-order valence-corrected chi connectivity index (χ2v) is 5.10. The van der Waals surface area contributed by atoms with Crippen LogP contribution in [0.5, 0.6) is 0 Å². The molecule has 2 atom stereocenters. The summed E-state index contributed by atoms with van der Waals surface area (Å²) in [7, 11) is 0. The fourth-order valence-corrected chi connectivity index (χ4v) is 3.04. The molecule has 3 rings (SSSR count). The third kappa shape index (κ3) is 1.69. The van der Waals surface area contributed by atoms with Gasteiger partial charge in [-0.25, -0.2) is 0 Å². The molecule has 0 aliphatic heterocycles. The maximum Gasteiger partial charge on any atom is 0.250 e. The lowest BCUT2D eigenvalue weighted by molar-refractivity contribution is 0.100. The lowest BCUT2D eigenvalue weighted by atomic mass is 9.92. The van der Waals surface area contributed by atoms with Crippen LogP contribution in [0.3, 0.4) is 0 Å². The molecular weight excluding hydrogens is 226 g/mol. The summed E-state index contributed by atoms with van der Waals surface area (Å²) in [5.41, 5.74) is 14.0. The van der Waals surface area contributed by atoms with Crippen LogP contribution in [0.4, 0.5) is 0 Å². The average molecular weight is 243 g/mol. The van der Waals surface area contributed by atoms with E-state index in [1.54, 1.807) is 0 Å². The third-order valence-electron chi connectivity index (χ3n) is 3.94. The fourth-order valence-electron chi connectivity index (χ4n) is 3.04. The number of primary amides is 1. The van der Waals surface area contributed by atoms with Crippen molar-refractivity contribution in [3.63, 3.8) is 0 Å². The summed E-state index contributed by atoms with van der Waals surface area (Å²) < 4.78 is 0. The van der Waals surface area contributed by atoms with E-state index in [2.05, 4.69) is 4.98 Å². The Morgan fingerprint density at radius 1 is 1.28 bits per heavy atom. The van der Waals surface area contributed by atoms with Crippen molar-refractivity contribution in [3.8, 4) is 0 Å². The molecule has 4 nitrogen and oxygen atoms in total. The Hall–Kier alpha value is -1.81. The van der Waals surface area contributed by atoms with Gasteiger partial charge in [0.1, 0.15) is 0 Å². The molecule has 1 fully saturated rings. The summed E-state index contributed by atoms with van der Waals surface area (Å²) in [4.78, 5) is 14.5. The first kappa shape index (κ1) is 11.3. The molecule has 0 spiro atoms. The van der Waals surface area contributed by atoms with E-state index in [-0.39, 0.29) is 0 Å². The molecule has 0 saturated heterocycles. The van der Waals surface area contributed by atoms with Gasteiger partial charge in [-0.2, -0.15) is 0 Å². The van der Waals surface area contributed by atoms with Crippen LogP contribution in [0.2, 0.25) is 0 Å². The molecule has 1 saturated carbocycles. The van der Waals surface area contributed by atoms with Crippen LogP contribution in [0.25, 0.3) is 10.9 Å². The maximum atomic E-state index is 11.4. The van der Waals surface area contributed by atoms with E-state index in [4.69, 9.17) is 11.5 Å². The smallest absolute Gasteiger partial charge is 0.250 e. The first-order valence-electron chi connectivity index (χ1n) is 6.32. The molecule has 2 aromatic rings. The quantitative estimate of drug-likeness (QED) is 0.752. The summed E-state index contributed by atoms with van der Waals surface area (Å²) >= 11 is 0. The SMILES string of the molecule is NC(=O)c1ccc([C@H]2CC[C@H](N)C2)c2cc[nH]c12. The van der Waals surface area contributed by atoms with Crippen LogP contribution in [0.15, 0.2) is 24.4 Å². The van der Waals surface area contributed by atoms with E-state index >= 15 is 0 Å². The highest BCUT2D eigenvalue weighted by Crippen LogP contribution is 2.37. The minimum atomic E-state index is -0.392. The highest BCUT2D eigenvalue weighted by atomic mass is 16.1. The summed E-state index contributed by atoms with van der Waals surface area (Å²) in [6.45, 7) is 0. The standard InChI is InChI=1S/C14H17N3O/c15-9-2-1-8(7-9)10-3-4-12(14(16)18)13-11(10)5-6-17-13/h3-6,8-9,17H,1-2,7,15H2,(H2,16,18)/t8-,9-/m0/s1. The van der Waals surface area contributed by atoms with Gasteiger partial charge < -0.3 is 16.5 Å². The summed E-state index contributed by atoms with van der Waals surface area (Å²) in [6, 6.07) is 6.17. The zero-order valence-electron chi connectivity index (χ0n) is 10.1. The molecule has 1 aromatic carbocycles. The predicted octanol–water partition coefficient (Wildman–Crippen LogP) is 1.86. The molecule has 94 valence electrons. The summed E-state index contributed by atoms with van der Waals surface area (Å²) in [5, 5.41) is 1.10. The normalized spacial score (nSPS) is 23.6. The first-order valence-corrected chi connectivity index (χ1v) is 6.32. The summed E-state index contributed by atoms with van der Waals surface area (Å²) in [6.07, 6.45) is 5.08. The van der Waals surface area contributed by atoms with Crippen molar-refractivity contribution in [3.05, 3.63) is 35.5 Å². The van der Waals surface area contributed by atoms with E-state index in [9.17, 15) is 4.79 Å². The van der Waals surface area contributed by atoms with Crippen molar-refractivity contribution in [1.82, 2.24) is 4.98 Å². The van der Waals surface area contributed by atoms with Crippen LogP contribution in [-0.4, -0.2) is 16.9 Å². The molecule has 1 heterocycles. The van der Waals surface area contributed by atoms with Crippen molar-refractivity contribution in [2.75, 3.05) is 0 Å². The highest BCUT2D eigenvalue weighted by Gasteiger charge is 2.25. The second kappa shape index (κ2) is 4.14. The van der Waals surface area contributed by atoms with Gasteiger partial charge in [0.25, 0.3) is 5.91 Å². The number of fused-ring (bicyclic) bond motifs is 1. The van der Waals surface area contributed by atoms with E-state index in [1.807, 2.05) is 24.4 Å². The van der Waals surface area contributed by atoms with Gasteiger partial charge in [0.2, 0.25) is 0 Å². The number of hydrogen-bond donors (Lipinski definition) is 3. The molecule has 0 bridgehead atoms. The Labute approximate surface area is 105 Å². The molecule has 1 aliphatic carbocycles. The lowest BCUT2D eigenvalue weighted by Gasteiger charge is -2.12. The molecule has 4 heteroatoms. The number of carbonyl (C=O) groups excluding carboxylic acids is 1. The largest absolute Gasteiger partial charge is 0.366 e. The van der Waals surface area contributed by atoms with Crippen molar-refractivity contribution >= 4 is 16.8 Å². The molecule has 1 amide bonds. The van der Waals surface area contributed by atoms with Crippen LogP contribution in [-0.2, 0) is 0 Å². The van der Waals surface area contributed by atoms with Gasteiger partial charge in [-0.15, -0.1) is 0 Å². The number of aromatic nitrogens is 1. The Balaban J connectivity index is 2.12. The highest BCUT2D eigenvalue weighted by molar-refractivity contribution is 6.05.